The van der Waals surface area contributed by atoms with E-state index in [1.165, 1.54) is 6.33 Å². The Morgan fingerprint density at radius 3 is 2.89 bits per heavy atom. The third-order valence-electron chi connectivity index (χ3n) is 4.41. The molecule has 1 unspecified atom stereocenters. The molecule has 1 aliphatic heterocycles. The van der Waals surface area contributed by atoms with Crippen molar-refractivity contribution in [3.63, 3.8) is 0 Å². The lowest BCUT2D eigenvalue weighted by Crippen LogP contribution is -2.51. The molecule has 3 aromatic rings. The average molecular weight is 421 g/mol. The van der Waals surface area contributed by atoms with E-state index < -0.39 is 10.8 Å². The fraction of sp³-hybridized carbons (Fsp3) is 0.294. The third-order valence-corrected chi connectivity index (χ3v) is 5.96. The van der Waals surface area contributed by atoms with Gasteiger partial charge < -0.3 is 15.4 Å². The molecule has 0 saturated carbocycles. The van der Waals surface area contributed by atoms with Crippen molar-refractivity contribution in [2.24, 2.45) is 0 Å². The molecule has 2 aromatic heterocycles. The third kappa shape index (κ3) is 3.18. The maximum atomic E-state index is 13.1. The number of likely N-dealkylation sites (tertiary alicyclic amines) is 1. The number of hydrogen-bond acceptors (Lipinski definition) is 7. The number of anilines is 1. The number of carbonyl (C=O) groups excluding carboxylic acids is 1. The van der Waals surface area contributed by atoms with Gasteiger partial charge in [-0.25, -0.2) is 23.7 Å². The zero-order valence-electron chi connectivity index (χ0n) is 14.9. The van der Waals surface area contributed by atoms with E-state index >= 15 is 0 Å². The summed E-state index contributed by atoms with van der Waals surface area (Å²) in [6, 6.07) is 6.63. The summed E-state index contributed by atoms with van der Waals surface area (Å²) in [5.74, 6) is 0.197. The van der Waals surface area contributed by atoms with E-state index in [9.17, 15) is 9.00 Å². The minimum absolute atomic E-state index is 0.119. The Morgan fingerprint density at radius 2 is 2.18 bits per heavy atom. The highest BCUT2D eigenvalue weighted by atomic mass is 35.5. The lowest BCUT2D eigenvalue weighted by atomic mass is 10.1. The summed E-state index contributed by atoms with van der Waals surface area (Å²) in [5, 5.41) is 5.71. The van der Waals surface area contributed by atoms with Crippen LogP contribution in [0.15, 0.2) is 40.5 Å². The van der Waals surface area contributed by atoms with Crippen LogP contribution in [0.3, 0.4) is 0 Å². The number of rotatable bonds is 4. The van der Waals surface area contributed by atoms with Crippen molar-refractivity contribution in [2.45, 2.75) is 22.9 Å². The van der Waals surface area contributed by atoms with E-state index in [1.54, 1.807) is 40.8 Å². The summed E-state index contributed by atoms with van der Waals surface area (Å²) in [4.78, 5) is 22.2. The Labute approximate surface area is 167 Å². The van der Waals surface area contributed by atoms with E-state index in [2.05, 4.69) is 15.1 Å². The molecule has 1 saturated heterocycles. The maximum absolute atomic E-state index is 13.1. The predicted octanol–water partition coefficient (Wildman–Crippen LogP) is 2.24. The molecular weight excluding hydrogens is 404 g/mol. The number of ether oxygens (including phenoxy) is 1. The Morgan fingerprint density at radius 1 is 1.39 bits per heavy atom. The highest BCUT2D eigenvalue weighted by Crippen LogP contribution is 2.32. The Kier molecular flexibility index (Phi) is 4.90. The van der Waals surface area contributed by atoms with Crippen LogP contribution in [-0.4, -0.2) is 54.6 Å². The first-order chi connectivity index (χ1) is 13.5. The topological polar surface area (TPSA) is 116 Å². The van der Waals surface area contributed by atoms with Gasteiger partial charge in [0, 0.05) is 23.0 Å². The monoisotopic (exact) mass is 420 g/mol. The van der Waals surface area contributed by atoms with Crippen LogP contribution in [0.5, 0.6) is 0 Å². The number of hydrogen-bond donors (Lipinski definition) is 1. The van der Waals surface area contributed by atoms with Gasteiger partial charge in [-0.1, -0.05) is 17.7 Å². The minimum atomic E-state index is -1.62. The standard InChI is InChI=1S/C17H17ClN6O3S/c1-2-27-17(25)23-7-11(8-23)24-15-13(14(19)20-9-21-15)16(22-24)28(26)12-5-3-4-10(18)6-12/h3-6,9,11H,2,7-8H2,1H3,(H2,19,20,21). The number of carbonyl (C=O) groups is 1. The summed E-state index contributed by atoms with van der Waals surface area (Å²) in [5.41, 5.74) is 6.52. The van der Waals surface area contributed by atoms with Gasteiger partial charge in [-0.3, -0.25) is 0 Å². The molecular formula is C17H17ClN6O3S. The summed E-state index contributed by atoms with van der Waals surface area (Å²) >= 11 is 6.03. The highest BCUT2D eigenvalue weighted by Gasteiger charge is 2.36. The van der Waals surface area contributed by atoms with Gasteiger partial charge in [-0.05, 0) is 25.1 Å². The largest absolute Gasteiger partial charge is 0.450 e. The fourth-order valence-electron chi connectivity index (χ4n) is 3.02. The van der Waals surface area contributed by atoms with E-state index in [4.69, 9.17) is 22.1 Å². The van der Waals surface area contributed by atoms with E-state index in [-0.39, 0.29) is 23.0 Å². The minimum Gasteiger partial charge on any atom is -0.450 e. The van der Waals surface area contributed by atoms with Crippen LogP contribution in [0.2, 0.25) is 5.02 Å². The van der Waals surface area contributed by atoms with Gasteiger partial charge in [0.2, 0.25) is 0 Å². The molecule has 11 heteroatoms. The maximum Gasteiger partial charge on any atom is 0.409 e. The van der Waals surface area contributed by atoms with Crippen LogP contribution in [0.4, 0.5) is 10.6 Å². The SMILES string of the molecule is CCOC(=O)N1CC(n2nc(S(=O)c3cccc(Cl)c3)c3c(N)ncnc32)C1. The predicted molar refractivity (Wildman–Crippen MR) is 103 cm³/mol. The second-order valence-electron chi connectivity index (χ2n) is 6.19. The number of nitrogens with two attached hydrogens (primary N) is 1. The van der Waals surface area contributed by atoms with Gasteiger partial charge in [0.1, 0.15) is 22.9 Å². The van der Waals surface area contributed by atoms with Crippen LogP contribution in [-0.2, 0) is 15.5 Å². The van der Waals surface area contributed by atoms with Crippen LogP contribution in [0.25, 0.3) is 11.0 Å². The zero-order valence-corrected chi connectivity index (χ0v) is 16.5. The fourth-order valence-corrected chi connectivity index (χ4v) is 4.47. The molecule has 1 atom stereocenters. The molecule has 146 valence electrons. The molecule has 0 bridgehead atoms. The Hall–Kier alpha value is -2.72. The molecule has 0 spiro atoms. The second kappa shape index (κ2) is 7.36. The first-order valence-corrected chi connectivity index (χ1v) is 10.1. The van der Waals surface area contributed by atoms with Crippen molar-refractivity contribution in [3.05, 3.63) is 35.6 Å². The number of aromatic nitrogens is 4. The molecule has 1 aliphatic rings. The number of benzene rings is 1. The Bertz CT molecular complexity index is 1080. The lowest BCUT2D eigenvalue weighted by molar-refractivity contribution is 0.0576. The number of nitrogen functional groups attached to an aromatic ring is 1. The van der Waals surface area contributed by atoms with E-state index in [1.807, 2.05) is 0 Å². The molecule has 1 fully saturated rings. The van der Waals surface area contributed by atoms with Gasteiger partial charge in [0.15, 0.2) is 10.7 Å². The quantitative estimate of drug-likeness (QED) is 0.687. The molecule has 28 heavy (non-hydrogen) atoms. The van der Waals surface area contributed by atoms with Crippen LogP contribution < -0.4 is 5.73 Å². The van der Waals surface area contributed by atoms with Crippen LogP contribution >= 0.6 is 11.6 Å². The summed E-state index contributed by atoms with van der Waals surface area (Å²) in [6.07, 6.45) is 0.969. The van der Waals surface area contributed by atoms with Gasteiger partial charge in [0.05, 0.1) is 18.0 Å². The molecule has 3 heterocycles. The van der Waals surface area contributed by atoms with E-state index in [0.29, 0.717) is 40.6 Å². The van der Waals surface area contributed by atoms with Crippen molar-refractivity contribution in [2.75, 3.05) is 25.4 Å². The number of halogens is 1. The zero-order chi connectivity index (χ0) is 19.8. The molecule has 1 amide bonds. The summed E-state index contributed by atoms with van der Waals surface area (Å²) in [6.45, 7) is 2.91. The second-order valence-corrected chi connectivity index (χ2v) is 8.02. The molecule has 0 radical (unpaired) electrons. The van der Waals surface area contributed by atoms with Gasteiger partial charge in [-0.2, -0.15) is 5.10 Å². The Balaban J connectivity index is 1.71. The number of nitrogens with zero attached hydrogens (tertiary/aromatic N) is 5. The molecule has 1 aromatic carbocycles. The van der Waals surface area contributed by atoms with Gasteiger partial charge in [-0.15, -0.1) is 0 Å². The molecule has 4 rings (SSSR count). The van der Waals surface area contributed by atoms with Crippen LogP contribution in [0.1, 0.15) is 13.0 Å². The molecule has 9 nitrogen and oxygen atoms in total. The number of amides is 1. The van der Waals surface area contributed by atoms with Crippen LogP contribution in [0, 0.1) is 0 Å². The van der Waals surface area contributed by atoms with Crippen molar-refractivity contribution in [1.82, 2.24) is 24.6 Å². The highest BCUT2D eigenvalue weighted by molar-refractivity contribution is 7.85. The first-order valence-electron chi connectivity index (χ1n) is 8.57. The smallest absolute Gasteiger partial charge is 0.409 e. The van der Waals surface area contributed by atoms with Crippen molar-refractivity contribution < 1.29 is 13.7 Å². The molecule has 0 aliphatic carbocycles. The summed E-state index contributed by atoms with van der Waals surface area (Å²) < 4.78 is 19.8. The van der Waals surface area contributed by atoms with Crippen molar-refractivity contribution in [1.29, 1.82) is 0 Å². The van der Waals surface area contributed by atoms with E-state index in [0.717, 1.165) is 0 Å². The normalized spacial score (nSPS) is 15.4. The van der Waals surface area contributed by atoms with Crippen molar-refractivity contribution in [3.8, 4) is 0 Å². The summed E-state index contributed by atoms with van der Waals surface area (Å²) in [7, 11) is -1.62. The average Bonchev–Trinajstić information content (AvgIpc) is 3.01. The molecule has 2 N–H and O–H groups in total. The van der Waals surface area contributed by atoms with Crippen molar-refractivity contribution >= 4 is 45.3 Å². The number of fused-ring (bicyclic) bond motifs is 1. The van der Waals surface area contributed by atoms with Gasteiger partial charge >= 0.3 is 6.09 Å². The first kappa shape index (κ1) is 18.6. The van der Waals surface area contributed by atoms with Gasteiger partial charge in [0.25, 0.3) is 0 Å². The lowest BCUT2D eigenvalue weighted by Gasteiger charge is -2.38.